The highest BCUT2D eigenvalue weighted by Gasteiger charge is 2.30. The molecule has 0 aromatic rings. The van der Waals surface area contributed by atoms with Crippen LogP contribution in [0.15, 0.2) is 0 Å². The van der Waals surface area contributed by atoms with Crippen molar-refractivity contribution in [2.45, 2.75) is 37.9 Å². The first-order chi connectivity index (χ1) is 4.77. The van der Waals surface area contributed by atoms with Gasteiger partial charge in [-0.3, -0.25) is 4.52 Å². The molecule has 1 N–H and O–H groups in total. The molecule has 4 heteroatoms. The van der Waals surface area contributed by atoms with Gasteiger partial charge in [0.15, 0.2) is 5.79 Å². The van der Waals surface area contributed by atoms with Gasteiger partial charge in [0.25, 0.3) is 0 Å². The first-order valence-corrected chi connectivity index (χ1v) is 4.23. The Kier molecular flexibility index (Phi) is 2.78. The van der Waals surface area contributed by atoms with Crippen molar-refractivity contribution in [2.75, 3.05) is 0 Å². The minimum absolute atomic E-state index is 0.417. The zero-order valence-electron chi connectivity index (χ0n) is 5.75. The van der Waals surface area contributed by atoms with Gasteiger partial charge in [0.05, 0.1) is 0 Å². The summed E-state index contributed by atoms with van der Waals surface area (Å²) in [5, 5.41) is 9.44. The van der Waals surface area contributed by atoms with Crippen LogP contribution in [0.1, 0.15) is 32.1 Å². The van der Waals surface area contributed by atoms with Crippen molar-refractivity contribution in [2.24, 2.45) is 0 Å². The lowest BCUT2D eigenvalue weighted by Crippen LogP contribution is -2.31. The van der Waals surface area contributed by atoms with Crippen molar-refractivity contribution in [1.29, 1.82) is 0 Å². The maximum absolute atomic E-state index is 9.99. The SMILES string of the molecule is O=POC1(O)CCCCC1. The van der Waals surface area contributed by atoms with Crippen LogP contribution in [0.4, 0.5) is 0 Å². The van der Waals surface area contributed by atoms with Crippen molar-refractivity contribution in [3.8, 4) is 0 Å². The van der Waals surface area contributed by atoms with E-state index in [1.165, 1.54) is 0 Å². The summed E-state index contributed by atoms with van der Waals surface area (Å²) < 4.78 is 14.6. The molecule has 0 bridgehead atoms. The summed E-state index contributed by atoms with van der Waals surface area (Å²) in [5.74, 6) is -1.10. The molecule has 0 spiro atoms. The summed E-state index contributed by atoms with van der Waals surface area (Å²) in [6.45, 7) is 0. The molecule has 1 fully saturated rings. The van der Waals surface area contributed by atoms with Crippen LogP contribution in [0.25, 0.3) is 0 Å². The van der Waals surface area contributed by atoms with Gasteiger partial charge in [-0.05, 0) is 12.8 Å². The topological polar surface area (TPSA) is 46.5 Å². The van der Waals surface area contributed by atoms with E-state index < -0.39 is 14.5 Å². The maximum Gasteiger partial charge on any atom is 0.330 e. The van der Waals surface area contributed by atoms with Gasteiger partial charge in [0, 0.05) is 12.8 Å². The van der Waals surface area contributed by atoms with E-state index in [-0.39, 0.29) is 0 Å². The Labute approximate surface area is 61.7 Å². The van der Waals surface area contributed by atoms with E-state index in [1.54, 1.807) is 0 Å². The molecule has 10 heavy (non-hydrogen) atoms. The average Bonchev–Trinajstić information content (AvgIpc) is 1.89. The molecule has 1 saturated carbocycles. The molecular weight excluding hydrogens is 151 g/mol. The molecule has 0 aromatic carbocycles. The maximum atomic E-state index is 9.99. The van der Waals surface area contributed by atoms with E-state index in [1.807, 2.05) is 0 Å². The predicted molar refractivity (Wildman–Crippen MR) is 36.7 cm³/mol. The van der Waals surface area contributed by atoms with Crippen LogP contribution in [-0.4, -0.2) is 10.9 Å². The van der Waals surface area contributed by atoms with Gasteiger partial charge < -0.3 is 5.11 Å². The van der Waals surface area contributed by atoms with E-state index >= 15 is 0 Å². The van der Waals surface area contributed by atoms with Gasteiger partial charge in [0.1, 0.15) is 0 Å². The molecule has 0 heterocycles. The summed E-state index contributed by atoms with van der Waals surface area (Å²) in [6, 6.07) is 0. The third-order valence-corrected chi connectivity index (χ3v) is 2.26. The normalized spacial score (nSPS) is 24.9. The zero-order valence-corrected chi connectivity index (χ0v) is 6.64. The molecule has 0 saturated heterocycles. The molecule has 0 aromatic heterocycles. The molecule has 0 atom stereocenters. The highest BCUT2D eigenvalue weighted by atomic mass is 31.1. The molecule has 1 aliphatic carbocycles. The van der Waals surface area contributed by atoms with Crippen LogP contribution in [-0.2, 0) is 9.09 Å². The van der Waals surface area contributed by atoms with Gasteiger partial charge in [-0.1, -0.05) is 6.42 Å². The number of rotatable bonds is 2. The number of hydrogen-bond donors (Lipinski definition) is 1. The Morgan fingerprint density at radius 2 is 1.90 bits per heavy atom. The van der Waals surface area contributed by atoms with Gasteiger partial charge in [-0.25, -0.2) is 4.57 Å². The zero-order chi connectivity index (χ0) is 7.45. The summed E-state index contributed by atoms with van der Waals surface area (Å²) in [6.07, 6.45) is 4.30. The summed E-state index contributed by atoms with van der Waals surface area (Å²) >= 11 is 0. The highest BCUT2D eigenvalue weighted by Crippen LogP contribution is 2.31. The number of aliphatic hydroxyl groups is 1. The second-order valence-electron chi connectivity index (χ2n) is 2.67. The Hall–Kier alpha value is 0.0200. The second-order valence-corrected chi connectivity index (χ2v) is 3.00. The molecule has 0 unspecified atom stereocenters. The van der Waals surface area contributed by atoms with Crippen LogP contribution in [0.5, 0.6) is 0 Å². The van der Waals surface area contributed by atoms with Gasteiger partial charge >= 0.3 is 8.69 Å². The smallest absolute Gasteiger partial charge is 0.330 e. The fourth-order valence-corrected chi connectivity index (χ4v) is 1.59. The van der Waals surface area contributed by atoms with E-state index in [9.17, 15) is 9.67 Å². The van der Waals surface area contributed by atoms with Crippen molar-refractivity contribution >= 4 is 8.69 Å². The molecule has 0 aliphatic heterocycles. The third-order valence-electron chi connectivity index (χ3n) is 1.84. The van der Waals surface area contributed by atoms with Crippen molar-refractivity contribution in [3.63, 3.8) is 0 Å². The minimum Gasteiger partial charge on any atom is -0.365 e. The second kappa shape index (κ2) is 3.42. The van der Waals surface area contributed by atoms with Crippen LogP contribution >= 0.6 is 8.69 Å². The van der Waals surface area contributed by atoms with Crippen LogP contribution in [0.3, 0.4) is 0 Å². The lowest BCUT2D eigenvalue weighted by atomic mass is 9.95. The van der Waals surface area contributed by atoms with E-state index in [0.29, 0.717) is 12.8 Å². The Balaban J connectivity index is 2.39. The molecule has 1 aliphatic rings. The molecule has 58 valence electrons. The summed E-state index contributed by atoms with van der Waals surface area (Å²) in [4.78, 5) is 0. The van der Waals surface area contributed by atoms with Crippen molar-refractivity contribution < 1.29 is 14.2 Å². The molecule has 1 rings (SSSR count). The quantitative estimate of drug-likeness (QED) is 0.498. The van der Waals surface area contributed by atoms with Gasteiger partial charge in [-0.15, -0.1) is 0 Å². The Morgan fingerprint density at radius 1 is 1.30 bits per heavy atom. The van der Waals surface area contributed by atoms with E-state index in [2.05, 4.69) is 4.52 Å². The first kappa shape index (κ1) is 8.12. The highest BCUT2D eigenvalue weighted by molar-refractivity contribution is 7.17. The van der Waals surface area contributed by atoms with Crippen LogP contribution in [0, 0.1) is 0 Å². The van der Waals surface area contributed by atoms with Crippen LogP contribution in [0.2, 0.25) is 0 Å². The minimum atomic E-state index is -1.10. The standard InChI is InChI=1S/C6H11O3P/c7-6(9-10-8)4-2-1-3-5-6/h7H,1-5H2. The lowest BCUT2D eigenvalue weighted by Gasteiger charge is -2.28. The molecular formula is C6H11O3P. The van der Waals surface area contributed by atoms with Gasteiger partial charge in [-0.2, -0.15) is 0 Å². The van der Waals surface area contributed by atoms with E-state index in [4.69, 9.17) is 0 Å². The van der Waals surface area contributed by atoms with Crippen LogP contribution < -0.4 is 0 Å². The average molecular weight is 162 g/mol. The van der Waals surface area contributed by atoms with Gasteiger partial charge in [0.2, 0.25) is 0 Å². The fraction of sp³-hybridized carbons (Fsp3) is 1.00. The predicted octanol–water partition coefficient (Wildman–Crippen LogP) is 1.86. The molecule has 3 nitrogen and oxygen atoms in total. The number of hydrogen-bond acceptors (Lipinski definition) is 3. The Bertz CT molecular complexity index is 120. The molecule has 0 amide bonds. The largest absolute Gasteiger partial charge is 0.365 e. The lowest BCUT2D eigenvalue weighted by molar-refractivity contribution is -0.152. The third kappa shape index (κ3) is 2.01. The van der Waals surface area contributed by atoms with E-state index in [0.717, 1.165) is 19.3 Å². The Morgan fingerprint density at radius 3 is 2.40 bits per heavy atom. The summed E-state index contributed by atoms with van der Waals surface area (Å²) in [7, 11) is -0.417. The fourth-order valence-electron chi connectivity index (χ4n) is 1.26. The van der Waals surface area contributed by atoms with Crippen molar-refractivity contribution in [1.82, 2.24) is 0 Å². The monoisotopic (exact) mass is 162 g/mol. The van der Waals surface area contributed by atoms with Crippen molar-refractivity contribution in [3.05, 3.63) is 0 Å². The molecule has 0 radical (unpaired) electrons. The first-order valence-electron chi connectivity index (χ1n) is 3.50. The summed E-state index contributed by atoms with van der Waals surface area (Å²) in [5.41, 5.74) is 0.